The van der Waals surface area contributed by atoms with E-state index in [0.717, 1.165) is 21.9 Å². The predicted octanol–water partition coefficient (Wildman–Crippen LogP) is 6.22. The van der Waals surface area contributed by atoms with Crippen molar-refractivity contribution in [2.45, 2.75) is 64.1 Å². The minimum atomic E-state index is -4.24. The van der Waals surface area contributed by atoms with Crippen LogP contribution in [0, 0.1) is 6.92 Å². The van der Waals surface area contributed by atoms with Gasteiger partial charge < -0.3 is 10.2 Å². The minimum absolute atomic E-state index is 0.00847. The number of amides is 2. The molecule has 2 amide bonds. The zero-order chi connectivity index (χ0) is 29.4. The molecule has 0 spiro atoms. The summed E-state index contributed by atoms with van der Waals surface area (Å²) >= 11 is 12.7. The predicted molar refractivity (Wildman–Crippen MR) is 161 cm³/mol. The molecule has 0 radical (unpaired) electrons. The number of benzene rings is 3. The fraction of sp³-hybridized carbons (Fsp3) is 0.333. The van der Waals surface area contributed by atoms with Gasteiger partial charge in [-0.25, -0.2) is 8.42 Å². The van der Waals surface area contributed by atoms with Crippen LogP contribution in [0.15, 0.2) is 77.7 Å². The van der Waals surface area contributed by atoms with Crippen LogP contribution in [0.2, 0.25) is 10.0 Å². The average molecular weight is 605 g/mol. The lowest BCUT2D eigenvalue weighted by molar-refractivity contribution is -0.140. The smallest absolute Gasteiger partial charge is 0.264 e. The molecule has 0 saturated carbocycles. The van der Waals surface area contributed by atoms with Crippen molar-refractivity contribution < 1.29 is 18.0 Å². The molecule has 40 heavy (non-hydrogen) atoms. The standard InChI is InChI=1S/C30H35Cl2N3O4S/c1-5-22(4)33-30(37)27(6-2)34(19-23-13-11-10-12-21(23)3)29(36)20-35(28-18-24(31)16-17-26(28)32)40(38,39)25-14-8-7-9-15-25/h7-18,22,27H,5-6,19-20H2,1-4H3,(H,33,37). The number of carbonyl (C=O) groups is 2. The van der Waals surface area contributed by atoms with E-state index in [2.05, 4.69) is 5.32 Å². The highest BCUT2D eigenvalue weighted by molar-refractivity contribution is 7.92. The summed E-state index contributed by atoms with van der Waals surface area (Å²) in [7, 11) is -4.24. The van der Waals surface area contributed by atoms with Crippen molar-refractivity contribution in [1.82, 2.24) is 10.2 Å². The number of anilines is 1. The van der Waals surface area contributed by atoms with E-state index in [1.165, 1.54) is 29.2 Å². The highest BCUT2D eigenvalue weighted by Gasteiger charge is 2.34. The van der Waals surface area contributed by atoms with Gasteiger partial charge in [-0.05, 0) is 68.1 Å². The third-order valence-corrected chi connectivity index (χ3v) is 9.10. The second-order valence-corrected chi connectivity index (χ2v) is 12.3. The Kier molecular flexibility index (Phi) is 11.0. The van der Waals surface area contributed by atoms with E-state index in [1.807, 2.05) is 52.0 Å². The lowest BCUT2D eigenvalue weighted by Crippen LogP contribution is -2.53. The molecular formula is C30H35Cl2N3O4S. The van der Waals surface area contributed by atoms with Gasteiger partial charge in [-0.2, -0.15) is 0 Å². The molecule has 3 rings (SSSR count). The zero-order valence-electron chi connectivity index (χ0n) is 23.1. The van der Waals surface area contributed by atoms with Crippen molar-refractivity contribution >= 4 is 50.7 Å². The molecule has 0 aliphatic heterocycles. The van der Waals surface area contributed by atoms with Gasteiger partial charge in [-0.15, -0.1) is 0 Å². The summed E-state index contributed by atoms with van der Waals surface area (Å²) in [6, 6.07) is 18.9. The molecule has 2 unspecified atom stereocenters. The first kappa shape index (κ1) is 31.5. The van der Waals surface area contributed by atoms with E-state index in [4.69, 9.17) is 23.2 Å². The third kappa shape index (κ3) is 7.56. The Morgan fingerprint density at radius 2 is 1.57 bits per heavy atom. The van der Waals surface area contributed by atoms with Crippen molar-refractivity contribution in [3.8, 4) is 0 Å². The molecule has 0 aliphatic rings. The summed E-state index contributed by atoms with van der Waals surface area (Å²) in [5.41, 5.74) is 1.87. The van der Waals surface area contributed by atoms with E-state index in [1.54, 1.807) is 24.3 Å². The molecule has 0 aromatic heterocycles. The van der Waals surface area contributed by atoms with E-state index < -0.39 is 28.5 Å². The number of sulfonamides is 1. The Balaban J connectivity index is 2.10. The van der Waals surface area contributed by atoms with E-state index in [9.17, 15) is 18.0 Å². The molecule has 7 nitrogen and oxygen atoms in total. The second-order valence-electron chi connectivity index (χ2n) is 9.61. The maximum Gasteiger partial charge on any atom is 0.264 e. The maximum absolute atomic E-state index is 14.1. The van der Waals surface area contributed by atoms with Gasteiger partial charge in [0.2, 0.25) is 11.8 Å². The summed E-state index contributed by atoms with van der Waals surface area (Å²) in [5.74, 6) is -0.845. The Morgan fingerprint density at radius 1 is 0.925 bits per heavy atom. The van der Waals surface area contributed by atoms with Crippen LogP contribution < -0.4 is 9.62 Å². The van der Waals surface area contributed by atoms with Gasteiger partial charge in [-0.3, -0.25) is 13.9 Å². The van der Waals surface area contributed by atoms with Crippen LogP contribution in [0.3, 0.4) is 0 Å². The number of rotatable bonds is 12. The van der Waals surface area contributed by atoms with Gasteiger partial charge in [0.05, 0.1) is 15.6 Å². The van der Waals surface area contributed by atoms with Crippen LogP contribution in [0.4, 0.5) is 5.69 Å². The van der Waals surface area contributed by atoms with Crippen molar-refractivity contribution in [2.24, 2.45) is 0 Å². The molecule has 0 saturated heterocycles. The molecule has 0 heterocycles. The van der Waals surface area contributed by atoms with Crippen LogP contribution in [-0.4, -0.2) is 43.8 Å². The summed E-state index contributed by atoms with van der Waals surface area (Å²) in [4.78, 5) is 28.9. The molecule has 0 aliphatic carbocycles. The molecular weight excluding hydrogens is 569 g/mol. The summed E-state index contributed by atoms with van der Waals surface area (Å²) in [5, 5.41) is 3.35. The normalized spacial score (nSPS) is 12.8. The quantitative estimate of drug-likeness (QED) is 0.266. The summed E-state index contributed by atoms with van der Waals surface area (Å²) in [6.07, 6.45) is 1.06. The fourth-order valence-corrected chi connectivity index (χ4v) is 6.12. The summed E-state index contributed by atoms with van der Waals surface area (Å²) in [6.45, 7) is 7.15. The Labute approximate surface area is 247 Å². The first-order valence-electron chi connectivity index (χ1n) is 13.2. The summed E-state index contributed by atoms with van der Waals surface area (Å²) < 4.78 is 28.8. The van der Waals surface area contributed by atoms with Gasteiger partial charge in [0.15, 0.2) is 0 Å². The SMILES string of the molecule is CCC(C)NC(=O)C(CC)N(Cc1ccccc1C)C(=O)CN(c1cc(Cl)ccc1Cl)S(=O)(=O)c1ccccc1. The van der Waals surface area contributed by atoms with Gasteiger partial charge >= 0.3 is 0 Å². The van der Waals surface area contributed by atoms with Gasteiger partial charge in [0, 0.05) is 17.6 Å². The van der Waals surface area contributed by atoms with Gasteiger partial charge in [0.1, 0.15) is 12.6 Å². The lowest BCUT2D eigenvalue weighted by atomic mass is 10.1. The molecule has 2 atom stereocenters. The number of hydrogen-bond acceptors (Lipinski definition) is 4. The monoisotopic (exact) mass is 603 g/mol. The molecule has 1 N–H and O–H groups in total. The highest BCUT2D eigenvalue weighted by Crippen LogP contribution is 2.33. The number of nitrogens with zero attached hydrogens (tertiary/aromatic N) is 2. The Hall–Kier alpha value is -3.07. The lowest BCUT2D eigenvalue weighted by Gasteiger charge is -2.34. The van der Waals surface area contributed by atoms with E-state index >= 15 is 0 Å². The van der Waals surface area contributed by atoms with Crippen molar-refractivity contribution in [1.29, 1.82) is 0 Å². The Morgan fingerprint density at radius 3 is 2.20 bits per heavy atom. The first-order chi connectivity index (χ1) is 19.0. The largest absolute Gasteiger partial charge is 0.352 e. The number of aryl methyl sites for hydroxylation is 1. The number of carbonyl (C=O) groups excluding carboxylic acids is 2. The fourth-order valence-electron chi connectivity index (χ4n) is 4.24. The number of halogens is 2. The Bertz CT molecular complexity index is 1430. The first-order valence-corrected chi connectivity index (χ1v) is 15.4. The molecule has 214 valence electrons. The van der Waals surface area contributed by atoms with Crippen LogP contribution in [0.5, 0.6) is 0 Å². The molecule has 3 aromatic carbocycles. The number of hydrogen-bond donors (Lipinski definition) is 1. The number of nitrogens with one attached hydrogen (secondary N) is 1. The van der Waals surface area contributed by atoms with E-state index in [-0.39, 0.29) is 39.1 Å². The van der Waals surface area contributed by atoms with Crippen LogP contribution in [-0.2, 0) is 26.2 Å². The highest BCUT2D eigenvalue weighted by atomic mass is 35.5. The maximum atomic E-state index is 14.1. The van der Waals surface area contributed by atoms with Crippen molar-refractivity contribution in [2.75, 3.05) is 10.8 Å². The third-order valence-electron chi connectivity index (χ3n) is 6.78. The second kappa shape index (κ2) is 14.0. The van der Waals surface area contributed by atoms with Crippen LogP contribution >= 0.6 is 23.2 Å². The molecule has 10 heteroatoms. The van der Waals surface area contributed by atoms with Crippen LogP contribution in [0.1, 0.15) is 44.7 Å². The molecule has 0 bridgehead atoms. The molecule has 3 aromatic rings. The topological polar surface area (TPSA) is 86.8 Å². The molecule has 0 fully saturated rings. The minimum Gasteiger partial charge on any atom is -0.352 e. The van der Waals surface area contributed by atoms with Crippen molar-refractivity contribution in [3.63, 3.8) is 0 Å². The van der Waals surface area contributed by atoms with Gasteiger partial charge in [-0.1, -0.05) is 79.5 Å². The zero-order valence-corrected chi connectivity index (χ0v) is 25.4. The van der Waals surface area contributed by atoms with E-state index in [0.29, 0.717) is 6.42 Å². The van der Waals surface area contributed by atoms with Crippen LogP contribution in [0.25, 0.3) is 0 Å². The van der Waals surface area contributed by atoms with Crippen molar-refractivity contribution in [3.05, 3.63) is 94.0 Å². The van der Waals surface area contributed by atoms with Gasteiger partial charge in [0.25, 0.3) is 10.0 Å². The average Bonchev–Trinajstić information content (AvgIpc) is 2.94.